The van der Waals surface area contributed by atoms with Crippen molar-refractivity contribution in [1.29, 1.82) is 0 Å². The maximum Gasteiger partial charge on any atom is 0.0808 e. The van der Waals surface area contributed by atoms with Crippen molar-refractivity contribution in [2.24, 2.45) is 4.99 Å². The van der Waals surface area contributed by atoms with Crippen LogP contribution in [0.15, 0.2) is 29.5 Å². The number of aromatic nitrogens is 1. The van der Waals surface area contributed by atoms with Gasteiger partial charge >= 0.3 is 0 Å². The van der Waals surface area contributed by atoms with Crippen molar-refractivity contribution in [3.8, 4) is 0 Å². The summed E-state index contributed by atoms with van der Waals surface area (Å²) in [6.45, 7) is 1.88. The first-order valence-electron chi connectivity index (χ1n) is 2.82. The molecular formula is C7H8N2. The first-order chi connectivity index (χ1) is 4.43. The Kier molecular flexibility index (Phi) is 1.96. The molecule has 1 aromatic heterocycles. The highest BCUT2D eigenvalue weighted by molar-refractivity contribution is 5.59. The van der Waals surface area contributed by atoms with Crippen LogP contribution in [-0.2, 0) is 0 Å². The predicted molar refractivity (Wildman–Crippen MR) is 38.1 cm³/mol. The zero-order chi connectivity index (χ0) is 6.53. The maximum atomic E-state index is 4.02. The minimum atomic E-state index is 0.903. The van der Waals surface area contributed by atoms with Gasteiger partial charge in [-0.2, -0.15) is 0 Å². The van der Waals surface area contributed by atoms with Crippen molar-refractivity contribution in [3.63, 3.8) is 0 Å². The fourth-order valence-electron chi connectivity index (χ4n) is 0.579. The Morgan fingerprint density at radius 1 is 1.67 bits per heavy atom. The van der Waals surface area contributed by atoms with Gasteiger partial charge in [-0.3, -0.25) is 9.98 Å². The molecule has 0 aliphatic carbocycles. The van der Waals surface area contributed by atoms with E-state index in [-0.39, 0.29) is 0 Å². The highest BCUT2D eigenvalue weighted by Gasteiger charge is 1.79. The van der Waals surface area contributed by atoms with Crippen LogP contribution in [0.3, 0.4) is 0 Å². The molecule has 0 unspecified atom stereocenters. The van der Waals surface area contributed by atoms with E-state index in [0.29, 0.717) is 0 Å². The molecule has 0 fully saturated rings. The van der Waals surface area contributed by atoms with E-state index in [4.69, 9.17) is 0 Å². The molecule has 0 saturated heterocycles. The topological polar surface area (TPSA) is 25.2 Å². The molecule has 46 valence electrons. The number of hydrogen-bond donors (Lipinski definition) is 0. The van der Waals surface area contributed by atoms with Crippen LogP contribution in [0.4, 0.5) is 5.69 Å². The summed E-state index contributed by atoms with van der Waals surface area (Å²) in [6.07, 6.45) is 5.20. The summed E-state index contributed by atoms with van der Waals surface area (Å²) in [5.41, 5.74) is 0.903. The van der Waals surface area contributed by atoms with E-state index in [0.717, 1.165) is 5.69 Å². The van der Waals surface area contributed by atoms with Crippen molar-refractivity contribution in [1.82, 2.24) is 4.98 Å². The van der Waals surface area contributed by atoms with E-state index in [1.165, 1.54) is 0 Å². The van der Waals surface area contributed by atoms with Gasteiger partial charge in [-0.25, -0.2) is 0 Å². The molecule has 0 saturated carbocycles. The second-order valence-corrected chi connectivity index (χ2v) is 1.60. The third-order valence-corrected chi connectivity index (χ3v) is 0.924. The Hall–Kier alpha value is -1.18. The molecule has 0 amide bonds. The number of rotatable bonds is 1. The molecule has 0 atom stereocenters. The van der Waals surface area contributed by atoms with Gasteiger partial charge in [0, 0.05) is 12.4 Å². The number of hydrogen-bond acceptors (Lipinski definition) is 2. The molecule has 0 N–H and O–H groups in total. The predicted octanol–water partition coefficient (Wildman–Crippen LogP) is 1.80. The van der Waals surface area contributed by atoms with Crippen LogP contribution in [0.25, 0.3) is 0 Å². The van der Waals surface area contributed by atoms with Crippen LogP contribution in [-0.4, -0.2) is 11.2 Å². The van der Waals surface area contributed by atoms with Gasteiger partial charge in [-0.15, -0.1) is 0 Å². The second kappa shape index (κ2) is 2.97. The summed E-state index contributed by atoms with van der Waals surface area (Å²) in [5, 5.41) is 0. The van der Waals surface area contributed by atoms with Crippen LogP contribution >= 0.6 is 0 Å². The summed E-state index contributed by atoms with van der Waals surface area (Å²) in [7, 11) is 0. The molecular weight excluding hydrogens is 112 g/mol. The molecule has 9 heavy (non-hydrogen) atoms. The fraction of sp³-hybridized carbons (Fsp3) is 0.143. The summed E-state index contributed by atoms with van der Waals surface area (Å²) < 4.78 is 0. The molecule has 2 nitrogen and oxygen atoms in total. The largest absolute Gasteiger partial charge is 0.262 e. The van der Waals surface area contributed by atoms with Gasteiger partial charge in [0.05, 0.1) is 11.9 Å². The SMILES string of the molecule is CC=Nc1cccnc1. The molecule has 0 radical (unpaired) electrons. The average molecular weight is 120 g/mol. The minimum absolute atomic E-state index is 0.903. The molecule has 0 aliphatic rings. The second-order valence-electron chi connectivity index (χ2n) is 1.60. The van der Waals surface area contributed by atoms with E-state index in [1.807, 2.05) is 19.1 Å². The maximum absolute atomic E-state index is 4.02. The first-order valence-corrected chi connectivity index (χ1v) is 2.82. The summed E-state index contributed by atoms with van der Waals surface area (Å²) >= 11 is 0. The Morgan fingerprint density at radius 3 is 3.11 bits per heavy atom. The highest BCUT2D eigenvalue weighted by Crippen LogP contribution is 2.05. The Labute approximate surface area is 54.3 Å². The number of nitrogens with zero attached hydrogens (tertiary/aromatic N) is 2. The quantitative estimate of drug-likeness (QED) is 0.519. The van der Waals surface area contributed by atoms with Crippen LogP contribution in [0.1, 0.15) is 6.92 Å². The van der Waals surface area contributed by atoms with Crippen molar-refractivity contribution >= 4 is 11.9 Å². The van der Waals surface area contributed by atoms with Crippen LogP contribution in [0.2, 0.25) is 0 Å². The lowest BCUT2D eigenvalue weighted by atomic mass is 10.4. The van der Waals surface area contributed by atoms with E-state index in [2.05, 4.69) is 9.98 Å². The summed E-state index contributed by atoms with van der Waals surface area (Å²) in [5.74, 6) is 0. The normalized spacial score (nSPS) is 10.3. The fourth-order valence-corrected chi connectivity index (χ4v) is 0.579. The van der Waals surface area contributed by atoms with Gasteiger partial charge < -0.3 is 0 Å². The Bertz CT molecular complexity index is 191. The molecule has 0 spiro atoms. The van der Waals surface area contributed by atoms with E-state index in [9.17, 15) is 0 Å². The minimum Gasteiger partial charge on any atom is -0.262 e. The lowest BCUT2D eigenvalue weighted by molar-refractivity contribution is 1.31. The third-order valence-electron chi connectivity index (χ3n) is 0.924. The van der Waals surface area contributed by atoms with E-state index >= 15 is 0 Å². The standard InChI is InChI=1S/C7H8N2/c1-2-9-7-4-3-5-8-6-7/h2-6H,1H3. The Morgan fingerprint density at radius 2 is 2.56 bits per heavy atom. The molecule has 0 aliphatic heterocycles. The smallest absolute Gasteiger partial charge is 0.0808 e. The third kappa shape index (κ3) is 1.64. The van der Waals surface area contributed by atoms with Gasteiger partial charge in [-0.1, -0.05) is 0 Å². The number of pyridine rings is 1. The number of aliphatic imine (C=N–C) groups is 1. The van der Waals surface area contributed by atoms with Gasteiger partial charge in [0.15, 0.2) is 0 Å². The summed E-state index contributed by atoms with van der Waals surface area (Å²) in [4.78, 5) is 7.91. The molecule has 0 aromatic carbocycles. The van der Waals surface area contributed by atoms with E-state index < -0.39 is 0 Å². The van der Waals surface area contributed by atoms with Crippen molar-refractivity contribution in [3.05, 3.63) is 24.5 Å². The molecule has 1 rings (SSSR count). The van der Waals surface area contributed by atoms with Crippen LogP contribution in [0.5, 0.6) is 0 Å². The van der Waals surface area contributed by atoms with Crippen molar-refractivity contribution < 1.29 is 0 Å². The van der Waals surface area contributed by atoms with Gasteiger partial charge in [0.25, 0.3) is 0 Å². The first kappa shape index (κ1) is 5.95. The highest BCUT2D eigenvalue weighted by atomic mass is 14.7. The van der Waals surface area contributed by atoms with Gasteiger partial charge in [-0.05, 0) is 19.1 Å². The van der Waals surface area contributed by atoms with Gasteiger partial charge in [0.1, 0.15) is 0 Å². The van der Waals surface area contributed by atoms with Crippen molar-refractivity contribution in [2.75, 3.05) is 0 Å². The summed E-state index contributed by atoms with van der Waals surface area (Å²) in [6, 6.07) is 3.77. The average Bonchev–Trinajstić information content (AvgIpc) is 1.91. The molecule has 1 heterocycles. The lowest BCUT2D eigenvalue weighted by Crippen LogP contribution is -1.67. The van der Waals surface area contributed by atoms with Crippen molar-refractivity contribution in [2.45, 2.75) is 6.92 Å². The van der Waals surface area contributed by atoms with E-state index in [1.54, 1.807) is 18.6 Å². The lowest BCUT2D eigenvalue weighted by Gasteiger charge is -1.86. The molecule has 0 bridgehead atoms. The Balaban J connectivity index is 2.85. The zero-order valence-corrected chi connectivity index (χ0v) is 5.28. The van der Waals surface area contributed by atoms with Crippen LogP contribution < -0.4 is 0 Å². The zero-order valence-electron chi connectivity index (χ0n) is 5.28. The van der Waals surface area contributed by atoms with Crippen LogP contribution in [0, 0.1) is 0 Å². The van der Waals surface area contributed by atoms with Gasteiger partial charge in [0.2, 0.25) is 0 Å². The molecule has 2 heteroatoms. The monoisotopic (exact) mass is 120 g/mol. The molecule has 1 aromatic rings.